The lowest BCUT2D eigenvalue weighted by Gasteiger charge is -2.21. The molecule has 100 valence electrons. The lowest BCUT2D eigenvalue weighted by Crippen LogP contribution is -2.08. The van der Waals surface area contributed by atoms with E-state index in [1.54, 1.807) is 6.66 Å². The zero-order chi connectivity index (χ0) is 13.9. The molecule has 2 aromatic rings. The van der Waals surface area contributed by atoms with Crippen molar-refractivity contribution in [3.8, 4) is 0 Å². The lowest BCUT2D eigenvalue weighted by molar-refractivity contribution is 0.235. The van der Waals surface area contributed by atoms with E-state index < -0.39 is 7.37 Å². The molecule has 0 amide bonds. The Morgan fingerprint density at radius 1 is 1.05 bits per heavy atom. The molecule has 0 aliphatic carbocycles. The van der Waals surface area contributed by atoms with Gasteiger partial charge in [-0.2, -0.15) is 0 Å². The van der Waals surface area contributed by atoms with Crippen LogP contribution >= 0.6 is 23.3 Å². The molecule has 2 nitrogen and oxygen atoms in total. The number of halogens is 1. The Hall–Kier alpha value is -0.890. The molecule has 0 radical (unpaired) electrons. The van der Waals surface area contributed by atoms with Crippen LogP contribution < -0.4 is 5.30 Å². The molecule has 0 aromatic heterocycles. The molecule has 0 aliphatic rings. The van der Waals surface area contributed by atoms with Crippen molar-refractivity contribution in [1.82, 2.24) is 0 Å². The Morgan fingerprint density at radius 3 is 2.26 bits per heavy atom. The van der Waals surface area contributed by atoms with Crippen LogP contribution in [0.25, 0.3) is 0 Å². The highest BCUT2D eigenvalue weighted by Gasteiger charge is 2.23. The maximum atomic E-state index is 12.7. The van der Waals surface area contributed by atoms with Gasteiger partial charge < -0.3 is 4.52 Å². The van der Waals surface area contributed by atoms with Gasteiger partial charge in [0.1, 0.15) is 0 Å². The minimum absolute atomic E-state index is 0.230. The second-order valence-corrected chi connectivity index (χ2v) is 7.72. The van der Waals surface area contributed by atoms with Crippen LogP contribution in [0.5, 0.6) is 0 Å². The highest BCUT2D eigenvalue weighted by molar-refractivity contribution is 9.10. The molecule has 0 N–H and O–H groups in total. The molecule has 0 heterocycles. The maximum Gasteiger partial charge on any atom is 0.229 e. The summed E-state index contributed by atoms with van der Waals surface area (Å²) in [5.74, 6) is 0. The average molecular weight is 339 g/mol. The Kier molecular flexibility index (Phi) is 4.62. The highest BCUT2D eigenvalue weighted by atomic mass is 79.9. The summed E-state index contributed by atoms with van der Waals surface area (Å²) in [5.41, 5.74) is 1.00. The average Bonchev–Trinajstić information content (AvgIpc) is 2.39. The van der Waals surface area contributed by atoms with Crippen LogP contribution in [0.1, 0.15) is 18.6 Å². The van der Waals surface area contributed by atoms with Crippen molar-refractivity contribution in [2.45, 2.75) is 13.0 Å². The molecule has 0 fully saturated rings. The topological polar surface area (TPSA) is 26.3 Å². The zero-order valence-corrected chi connectivity index (χ0v) is 13.4. The summed E-state index contributed by atoms with van der Waals surface area (Å²) >= 11 is 3.49. The van der Waals surface area contributed by atoms with Gasteiger partial charge in [0.15, 0.2) is 0 Å². The Labute approximate surface area is 122 Å². The van der Waals surface area contributed by atoms with E-state index in [9.17, 15) is 4.57 Å². The molecular weight excluding hydrogens is 323 g/mol. The lowest BCUT2D eigenvalue weighted by atomic mass is 10.1. The summed E-state index contributed by atoms with van der Waals surface area (Å²) < 4.78 is 19.5. The SMILES string of the molecule is CC(OP(C)(=O)c1ccccc1)c1ccccc1Br. The number of hydrogen-bond acceptors (Lipinski definition) is 2. The second-order valence-electron chi connectivity index (χ2n) is 4.45. The number of hydrogen-bond donors (Lipinski definition) is 0. The molecule has 2 atom stereocenters. The molecule has 4 heteroatoms. The van der Waals surface area contributed by atoms with E-state index in [-0.39, 0.29) is 6.10 Å². The van der Waals surface area contributed by atoms with Crippen molar-refractivity contribution in [3.05, 3.63) is 64.6 Å². The first-order valence-corrected chi connectivity index (χ1v) is 8.93. The minimum atomic E-state index is -2.81. The Bertz CT molecular complexity index is 598. The maximum absolute atomic E-state index is 12.7. The summed E-state index contributed by atoms with van der Waals surface area (Å²) in [6.45, 7) is 3.58. The molecule has 2 aromatic carbocycles. The van der Waals surface area contributed by atoms with E-state index in [2.05, 4.69) is 15.9 Å². The molecule has 0 saturated carbocycles. The zero-order valence-electron chi connectivity index (χ0n) is 10.9. The van der Waals surface area contributed by atoms with Crippen molar-refractivity contribution in [2.75, 3.05) is 6.66 Å². The molecule has 2 rings (SSSR count). The quantitative estimate of drug-likeness (QED) is 0.751. The molecule has 0 spiro atoms. The van der Waals surface area contributed by atoms with Crippen molar-refractivity contribution in [3.63, 3.8) is 0 Å². The van der Waals surface area contributed by atoms with Gasteiger partial charge >= 0.3 is 0 Å². The van der Waals surface area contributed by atoms with Crippen molar-refractivity contribution < 1.29 is 9.09 Å². The fraction of sp³-hybridized carbons (Fsp3) is 0.200. The largest absolute Gasteiger partial charge is 0.318 e. The third-order valence-corrected chi connectivity index (χ3v) is 5.60. The molecule has 0 bridgehead atoms. The first-order valence-electron chi connectivity index (χ1n) is 6.06. The van der Waals surface area contributed by atoms with Crippen LogP contribution in [0.3, 0.4) is 0 Å². The van der Waals surface area contributed by atoms with Gasteiger partial charge in [0, 0.05) is 16.4 Å². The van der Waals surface area contributed by atoms with Crippen molar-refractivity contribution in [1.29, 1.82) is 0 Å². The molecule has 0 aliphatic heterocycles. The summed E-state index contributed by atoms with van der Waals surface area (Å²) in [7, 11) is -2.81. The van der Waals surface area contributed by atoms with E-state index in [0.29, 0.717) is 0 Å². The van der Waals surface area contributed by atoms with E-state index in [0.717, 1.165) is 15.3 Å². The van der Waals surface area contributed by atoms with Gasteiger partial charge in [0.05, 0.1) is 6.10 Å². The molecular formula is C15H16BrO2P. The Morgan fingerprint density at radius 2 is 1.63 bits per heavy atom. The molecule has 0 saturated heterocycles. The van der Waals surface area contributed by atoms with Gasteiger partial charge in [-0.15, -0.1) is 0 Å². The van der Waals surface area contributed by atoms with E-state index in [1.165, 1.54) is 0 Å². The van der Waals surface area contributed by atoms with Crippen LogP contribution in [0.4, 0.5) is 0 Å². The van der Waals surface area contributed by atoms with Crippen LogP contribution in [0.2, 0.25) is 0 Å². The first kappa shape index (κ1) is 14.5. The van der Waals surface area contributed by atoms with Gasteiger partial charge in [0.25, 0.3) is 0 Å². The summed E-state index contributed by atoms with van der Waals surface area (Å²) in [6.07, 6.45) is -0.230. The Balaban J connectivity index is 2.22. The van der Waals surface area contributed by atoms with Gasteiger partial charge in [-0.25, -0.2) is 0 Å². The predicted molar refractivity (Wildman–Crippen MR) is 83.2 cm³/mol. The third-order valence-electron chi connectivity index (χ3n) is 2.93. The summed E-state index contributed by atoms with van der Waals surface area (Å²) in [5, 5.41) is 0.744. The molecule has 2 unspecified atom stereocenters. The van der Waals surface area contributed by atoms with Crippen LogP contribution in [-0.2, 0) is 9.09 Å². The van der Waals surface area contributed by atoms with E-state index in [4.69, 9.17) is 4.52 Å². The monoisotopic (exact) mass is 338 g/mol. The van der Waals surface area contributed by atoms with Crippen molar-refractivity contribution >= 4 is 28.6 Å². The van der Waals surface area contributed by atoms with Crippen LogP contribution in [0.15, 0.2) is 59.1 Å². The van der Waals surface area contributed by atoms with Gasteiger partial charge in [-0.1, -0.05) is 52.3 Å². The first-order chi connectivity index (χ1) is 9.00. The van der Waals surface area contributed by atoms with Gasteiger partial charge in [0.2, 0.25) is 7.37 Å². The third kappa shape index (κ3) is 3.56. The summed E-state index contributed by atoms with van der Waals surface area (Å²) in [4.78, 5) is 0. The second kappa shape index (κ2) is 6.04. The van der Waals surface area contributed by atoms with Crippen LogP contribution in [-0.4, -0.2) is 6.66 Å². The highest BCUT2D eigenvalue weighted by Crippen LogP contribution is 2.46. The van der Waals surface area contributed by atoms with Crippen molar-refractivity contribution in [2.24, 2.45) is 0 Å². The predicted octanol–water partition coefficient (Wildman–Crippen LogP) is 4.76. The normalized spacial score (nSPS) is 15.7. The number of rotatable bonds is 4. The van der Waals surface area contributed by atoms with E-state index in [1.807, 2.05) is 61.5 Å². The minimum Gasteiger partial charge on any atom is -0.318 e. The van der Waals surface area contributed by atoms with E-state index >= 15 is 0 Å². The van der Waals surface area contributed by atoms with Gasteiger partial charge in [-0.3, -0.25) is 4.57 Å². The summed E-state index contributed by atoms with van der Waals surface area (Å²) in [6, 6.07) is 17.2. The smallest absolute Gasteiger partial charge is 0.229 e. The van der Waals surface area contributed by atoms with Gasteiger partial charge in [-0.05, 0) is 30.7 Å². The number of benzene rings is 2. The standard InChI is InChI=1S/C15H16BrO2P/c1-12(14-10-6-7-11-15(14)16)18-19(2,17)13-8-4-3-5-9-13/h3-12H,1-2H3. The van der Waals surface area contributed by atoms with Crippen LogP contribution in [0, 0.1) is 0 Å². The fourth-order valence-electron chi connectivity index (χ4n) is 1.92. The molecule has 19 heavy (non-hydrogen) atoms. The fourth-order valence-corrected chi connectivity index (χ4v) is 4.08.